The van der Waals surface area contributed by atoms with Crippen molar-refractivity contribution < 1.29 is 15.1 Å². The Morgan fingerprint density at radius 1 is 1.20 bits per heavy atom. The smallest absolute Gasteiger partial charge is 0.173 e. The summed E-state index contributed by atoms with van der Waals surface area (Å²) in [6.45, 7) is -0.133. The van der Waals surface area contributed by atoms with Crippen molar-refractivity contribution in [1.82, 2.24) is 0 Å². The monoisotopic (exact) mass is 336 g/mol. The maximum atomic E-state index is 9.29. The Morgan fingerprint density at radius 3 is 2.65 bits per heavy atom. The SMILES string of the molecule is N/C(=N/O)c1cc(Br)ccc1Oc1ccccc1CO. The lowest BCUT2D eigenvalue weighted by atomic mass is 10.1. The zero-order chi connectivity index (χ0) is 14.5. The first-order valence-corrected chi connectivity index (χ1v) is 6.59. The van der Waals surface area contributed by atoms with Crippen molar-refractivity contribution in [3.63, 3.8) is 0 Å². The molecule has 20 heavy (non-hydrogen) atoms. The average Bonchev–Trinajstić information content (AvgIpc) is 2.48. The van der Waals surface area contributed by atoms with Crippen molar-refractivity contribution in [2.75, 3.05) is 0 Å². The van der Waals surface area contributed by atoms with E-state index in [2.05, 4.69) is 21.1 Å². The first-order valence-electron chi connectivity index (χ1n) is 5.79. The number of oxime groups is 1. The third kappa shape index (κ3) is 3.09. The lowest BCUT2D eigenvalue weighted by Crippen LogP contribution is -2.14. The van der Waals surface area contributed by atoms with Crippen molar-refractivity contribution >= 4 is 21.8 Å². The molecule has 0 aliphatic rings. The molecule has 4 N–H and O–H groups in total. The van der Waals surface area contributed by atoms with Crippen LogP contribution in [0.2, 0.25) is 0 Å². The van der Waals surface area contributed by atoms with Gasteiger partial charge >= 0.3 is 0 Å². The molecule has 0 saturated heterocycles. The molecule has 0 saturated carbocycles. The highest BCUT2D eigenvalue weighted by Crippen LogP contribution is 2.30. The van der Waals surface area contributed by atoms with Crippen molar-refractivity contribution in [1.29, 1.82) is 0 Å². The van der Waals surface area contributed by atoms with Crippen LogP contribution >= 0.6 is 15.9 Å². The topological polar surface area (TPSA) is 88.1 Å². The van der Waals surface area contributed by atoms with Gasteiger partial charge in [0.05, 0.1) is 12.2 Å². The molecule has 0 fully saturated rings. The number of aliphatic hydroxyl groups excluding tert-OH is 1. The van der Waals surface area contributed by atoms with Gasteiger partial charge in [0.25, 0.3) is 0 Å². The molecule has 6 heteroatoms. The van der Waals surface area contributed by atoms with Crippen molar-refractivity contribution in [2.24, 2.45) is 10.9 Å². The molecule has 2 rings (SSSR count). The summed E-state index contributed by atoms with van der Waals surface area (Å²) < 4.78 is 6.54. The molecule has 0 atom stereocenters. The predicted octanol–water partition coefficient (Wildman–Crippen LogP) is 2.83. The van der Waals surface area contributed by atoms with E-state index >= 15 is 0 Å². The second-order valence-corrected chi connectivity index (χ2v) is 4.91. The third-order valence-electron chi connectivity index (χ3n) is 2.69. The molecule has 0 aliphatic carbocycles. The minimum absolute atomic E-state index is 0.0530. The maximum Gasteiger partial charge on any atom is 0.173 e. The molecule has 0 aromatic heterocycles. The number of hydrogen-bond acceptors (Lipinski definition) is 4. The summed E-state index contributed by atoms with van der Waals surface area (Å²) in [6, 6.07) is 12.3. The van der Waals surface area contributed by atoms with Gasteiger partial charge in [-0.25, -0.2) is 0 Å². The highest BCUT2D eigenvalue weighted by atomic mass is 79.9. The Bertz CT molecular complexity index is 644. The summed E-state index contributed by atoms with van der Waals surface area (Å²) in [7, 11) is 0. The summed E-state index contributed by atoms with van der Waals surface area (Å²) in [6.07, 6.45) is 0. The number of amidine groups is 1. The number of nitrogens with zero attached hydrogens (tertiary/aromatic N) is 1. The van der Waals surface area contributed by atoms with Gasteiger partial charge in [0.1, 0.15) is 11.5 Å². The molecule has 0 radical (unpaired) electrons. The van der Waals surface area contributed by atoms with Crippen molar-refractivity contribution in [2.45, 2.75) is 6.61 Å². The van der Waals surface area contributed by atoms with E-state index in [4.69, 9.17) is 15.7 Å². The van der Waals surface area contributed by atoms with Crippen LogP contribution in [-0.4, -0.2) is 16.1 Å². The molecule has 0 unspecified atom stereocenters. The van der Waals surface area contributed by atoms with Gasteiger partial charge in [-0.05, 0) is 24.3 Å². The van der Waals surface area contributed by atoms with Crippen molar-refractivity contribution in [3.05, 3.63) is 58.1 Å². The molecule has 0 spiro atoms. The second-order valence-electron chi connectivity index (χ2n) is 3.99. The third-order valence-corrected chi connectivity index (χ3v) is 3.18. The Hall–Kier alpha value is -2.05. The molecule has 5 nitrogen and oxygen atoms in total. The van der Waals surface area contributed by atoms with E-state index in [9.17, 15) is 5.11 Å². The van der Waals surface area contributed by atoms with E-state index in [-0.39, 0.29) is 12.4 Å². The summed E-state index contributed by atoms with van der Waals surface area (Å²) in [5, 5.41) is 21.1. The minimum Gasteiger partial charge on any atom is -0.456 e. The number of benzene rings is 2. The molecule has 0 amide bonds. The Kier molecular flexibility index (Phi) is 4.60. The number of para-hydroxylation sites is 1. The van der Waals surface area contributed by atoms with Crippen LogP contribution in [0.3, 0.4) is 0 Å². The fourth-order valence-corrected chi connectivity index (χ4v) is 2.06. The van der Waals surface area contributed by atoms with Gasteiger partial charge in [-0.1, -0.05) is 39.3 Å². The lowest BCUT2D eigenvalue weighted by Gasteiger charge is -2.13. The van der Waals surface area contributed by atoms with E-state index in [1.165, 1.54) is 0 Å². The second kappa shape index (κ2) is 6.40. The van der Waals surface area contributed by atoms with E-state index in [0.717, 1.165) is 4.47 Å². The zero-order valence-electron chi connectivity index (χ0n) is 10.5. The molecule has 0 heterocycles. The predicted molar refractivity (Wildman–Crippen MR) is 79.1 cm³/mol. The van der Waals surface area contributed by atoms with Gasteiger partial charge in [-0.2, -0.15) is 0 Å². The minimum atomic E-state index is -0.133. The van der Waals surface area contributed by atoms with Gasteiger partial charge in [0, 0.05) is 10.0 Å². The number of ether oxygens (including phenoxy) is 1. The van der Waals surface area contributed by atoms with Crippen LogP contribution in [0.5, 0.6) is 11.5 Å². The van der Waals surface area contributed by atoms with Gasteiger partial charge in [0.15, 0.2) is 5.84 Å². The first-order chi connectivity index (χ1) is 9.65. The van der Waals surface area contributed by atoms with Crippen LogP contribution < -0.4 is 10.5 Å². The van der Waals surface area contributed by atoms with Gasteiger partial charge in [0.2, 0.25) is 0 Å². The van der Waals surface area contributed by atoms with E-state index < -0.39 is 0 Å². The zero-order valence-corrected chi connectivity index (χ0v) is 12.0. The quantitative estimate of drug-likeness (QED) is 0.346. The Labute approximate surface area is 124 Å². The fourth-order valence-electron chi connectivity index (χ4n) is 1.70. The highest BCUT2D eigenvalue weighted by molar-refractivity contribution is 9.10. The van der Waals surface area contributed by atoms with Crippen LogP contribution in [0.1, 0.15) is 11.1 Å². The number of aliphatic hydroxyl groups is 1. The Balaban J connectivity index is 2.43. The number of rotatable bonds is 4. The van der Waals surface area contributed by atoms with Crippen LogP contribution in [0, 0.1) is 0 Å². The summed E-state index contributed by atoms with van der Waals surface area (Å²) >= 11 is 3.32. The highest BCUT2D eigenvalue weighted by Gasteiger charge is 2.11. The van der Waals surface area contributed by atoms with Crippen LogP contribution in [-0.2, 0) is 6.61 Å². The van der Waals surface area contributed by atoms with Crippen LogP contribution in [0.25, 0.3) is 0 Å². The molecule has 0 bridgehead atoms. The molecular weight excluding hydrogens is 324 g/mol. The fraction of sp³-hybridized carbons (Fsp3) is 0.0714. The normalized spacial score (nSPS) is 11.4. The van der Waals surface area contributed by atoms with Gasteiger partial charge < -0.3 is 20.8 Å². The summed E-state index contributed by atoms with van der Waals surface area (Å²) in [4.78, 5) is 0. The molecule has 104 valence electrons. The van der Waals surface area contributed by atoms with Crippen molar-refractivity contribution in [3.8, 4) is 11.5 Å². The Morgan fingerprint density at radius 2 is 1.95 bits per heavy atom. The lowest BCUT2D eigenvalue weighted by molar-refractivity contribution is 0.276. The van der Waals surface area contributed by atoms with E-state index in [1.807, 2.05) is 6.07 Å². The molecule has 2 aromatic carbocycles. The standard InChI is InChI=1S/C14H13BrN2O3/c15-10-5-6-13(11(7-10)14(16)17-19)20-12-4-2-1-3-9(12)8-18/h1-7,18-19H,8H2,(H2,16,17). The maximum absolute atomic E-state index is 9.29. The van der Waals surface area contributed by atoms with Gasteiger partial charge in [-0.3, -0.25) is 0 Å². The first kappa shape index (κ1) is 14.4. The molecule has 0 aliphatic heterocycles. The van der Waals surface area contributed by atoms with E-state index in [1.54, 1.807) is 36.4 Å². The largest absolute Gasteiger partial charge is 0.456 e. The average molecular weight is 337 g/mol. The summed E-state index contributed by atoms with van der Waals surface area (Å²) in [5.41, 5.74) is 6.74. The number of nitrogens with two attached hydrogens (primary N) is 1. The van der Waals surface area contributed by atoms with E-state index in [0.29, 0.717) is 22.6 Å². The van der Waals surface area contributed by atoms with Crippen LogP contribution in [0.15, 0.2) is 52.1 Å². The summed E-state index contributed by atoms with van der Waals surface area (Å²) in [5.74, 6) is 0.900. The van der Waals surface area contributed by atoms with Gasteiger partial charge in [-0.15, -0.1) is 0 Å². The number of halogens is 1. The molecular formula is C14H13BrN2O3. The molecule has 2 aromatic rings. The van der Waals surface area contributed by atoms with Crippen LogP contribution in [0.4, 0.5) is 0 Å². The number of hydrogen-bond donors (Lipinski definition) is 3.